The molecule has 1 N–H and O–H groups in total. The smallest absolute Gasteiger partial charge is 0.267 e. The lowest BCUT2D eigenvalue weighted by atomic mass is 9.98. The second kappa shape index (κ2) is 9.80. The molecule has 8 nitrogen and oxygen atoms in total. The third-order valence-corrected chi connectivity index (χ3v) is 7.37. The molecule has 0 saturated carbocycles. The standard InChI is InChI=1S/C28H29FN4O4/c1-16-13-32(14-26(34)33(16)21-12-20-6-4-5-7-25(20)37-15-21)28(36)22-10-19(8-9-23(22)29)11-24-17(2)18(3)27(35)31-30-24/h4-10,16,21H,11-15H2,1-3H3,(H,31,35). The lowest BCUT2D eigenvalue weighted by Crippen LogP contribution is -2.61. The summed E-state index contributed by atoms with van der Waals surface area (Å²) in [6.07, 6.45) is 1.02. The van der Waals surface area contributed by atoms with Gasteiger partial charge in [0.15, 0.2) is 0 Å². The van der Waals surface area contributed by atoms with Crippen molar-refractivity contribution in [1.29, 1.82) is 0 Å². The number of piperazine rings is 1. The van der Waals surface area contributed by atoms with Crippen molar-refractivity contribution < 1.29 is 18.7 Å². The van der Waals surface area contributed by atoms with Gasteiger partial charge in [-0.3, -0.25) is 14.4 Å². The van der Waals surface area contributed by atoms with Crippen LogP contribution in [0.1, 0.15) is 45.2 Å². The van der Waals surface area contributed by atoms with Crippen LogP contribution in [-0.4, -0.2) is 63.6 Å². The van der Waals surface area contributed by atoms with Crippen molar-refractivity contribution >= 4 is 11.8 Å². The minimum Gasteiger partial charge on any atom is -0.491 e. The summed E-state index contributed by atoms with van der Waals surface area (Å²) in [5, 5.41) is 6.59. The number of carbonyl (C=O) groups is 2. The molecule has 3 heterocycles. The Morgan fingerprint density at radius 2 is 1.95 bits per heavy atom. The number of hydrogen-bond donors (Lipinski definition) is 1. The van der Waals surface area contributed by atoms with Gasteiger partial charge in [0.2, 0.25) is 5.91 Å². The predicted molar refractivity (Wildman–Crippen MR) is 135 cm³/mol. The predicted octanol–water partition coefficient (Wildman–Crippen LogP) is 2.79. The minimum absolute atomic E-state index is 0.0836. The molecule has 0 spiro atoms. The Morgan fingerprint density at radius 3 is 2.73 bits per heavy atom. The minimum atomic E-state index is -0.643. The highest BCUT2D eigenvalue weighted by Gasteiger charge is 2.38. The normalized spacial score (nSPS) is 19.4. The number of nitrogens with zero attached hydrogens (tertiary/aromatic N) is 3. The molecule has 2 amide bonds. The number of hydrogen-bond acceptors (Lipinski definition) is 5. The summed E-state index contributed by atoms with van der Waals surface area (Å²) < 4.78 is 20.7. The Bertz CT molecular complexity index is 1440. The van der Waals surface area contributed by atoms with E-state index in [1.165, 1.54) is 17.0 Å². The van der Waals surface area contributed by atoms with Crippen LogP contribution in [0.5, 0.6) is 5.75 Å². The van der Waals surface area contributed by atoms with Crippen molar-refractivity contribution in [1.82, 2.24) is 20.0 Å². The van der Waals surface area contributed by atoms with Crippen molar-refractivity contribution in [3.63, 3.8) is 0 Å². The van der Waals surface area contributed by atoms with Crippen LogP contribution in [0.2, 0.25) is 0 Å². The molecular weight excluding hydrogens is 475 g/mol. The van der Waals surface area contributed by atoms with Crippen LogP contribution in [0, 0.1) is 19.7 Å². The first-order valence-electron chi connectivity index (χ1n) is 12.4. The molecule has 0 radical (unpaired) electrons. The van der Waals surface area contributed by atoms with Gasteiger partial charge < -0.3 is 14.5 Å². The van der Waals surface area contributed by atoms with Crippen molar-refractivity contribution in [3.8, 4) is 5.75 Å². The van der Waals surface area contributed by atoms with Crippen LogP contribution < -0.4 is 10.3 Å². The van der Waals surface area contributed by atoms with E-state index < -0.39 is 11.7 Å². The summed E-state index contributed by atoms with van der Waals surface area (Å²) in [5.74, 6) is -0.506. The first-order valence-corrected chi connectivity index (χ1v) is 12.4. The highest BCUT2D eigenvalue weighted by atomic mass is 19.1. The highest BCUT2D eigenvalue weighted by molar-refractivity contribution is 5.97. The molecular formula is C28H29FN4O4. The Labute approximate surface area is 214 Å². The van der Waals surface area contributed by atoms with Crippen LogP contribution in [0.4, 0.5) is 4.39 Å². The molecule has 2 aliphatic heterocycles. The maximum Gasteiger partial charge on any atom is 0.267 e. The van der Waals surface area contributed by atoms with E-state index in [9.17, 15) is 18.8 Å². The second-order valence-electron chi connectivity index (χ2n) is 9.85. The molecule has 2 aromatic carbocycles. The number of fused-ring (bicyclic) bond motifs is 1. The number of amides is 2. The lowest BCUT2D eigenvalue weighted by Gasteiger charge is -2.44. The molecule has 0 bridgehead atoms. The molecule has 2 aliphatic rings. The molecule has 192 valence electrons. The zero-order valence-electron chi connectivity index (χ0n) is 21.1. The molecule has 1 fully saturated rings. The van der Waals surface area contributed by atoms with E-state index in [2.05, 4.69) is 10.2 Å². The number of nitrogens with one attached hydrogen (secondary N) is 1. The molecule has 0 aliphatic carbocycles. The SMILES string of the molecule is Cc1c(Cc2ccc(F)c(C(=O)N3CC(=O)N(C4COc5ccccc5C4)C(C)C3)c2)n[nH]c(=O)c1C. The first kappa shape index (κ1) is 24.7. The fraction of sp³-hybridized carbons (Fsp3) is 0.357. The van der Waals surface area contributed by atoms with E-state index >= 15 is 0 Å². The summed E-state index contributed by atoms with van der Waals surface area (Å²) in [4.78, 5) is 41.6. The number of para-hydroxylation sites is 1. The Hall–Kier alpha value is -4.01. The average Bonchev–Trinajstić information content (AvgIpc) is 2.89. The second-order valence-corrected chi connectivity index (χ2v) is 9.85. The number of H-pyrrole nitrogens is 1. The fourth-order valence-electron chi connectivity index (χ4n) is 5.23. The summed E-state index contributed by atoms with van der Waals surface area (Å²) in [6, 6.07) is 11.8. The van der Waals surface area contributed by atoms with Crippen LogP contribution in [-0.2, 0) is 17.6 Å². The van der Waals surface area contributed by atoms with Gasteiger partial charge in [0.05, 0.1) is 17.3 Å². The average molecular weight is 505 g/mol. The summed E-state index contributed by atoms with van der Waals surface area (Å²) >= 11 is 0. The number of ether oxygens (including phenoxy) is 1. The molecule has 37 heavy (non-hydrogen) atoms. The van der Waals surface area contributed by atoms with Crippen LogP contribution in [0.25, 0.3) is 0 Å². The Kier molecular flexibility index (Phi) is 6.54. The van der Waals surface area contributed by atoms with E-state index in [1.807, 2.05) is 38.1 Å². The van der Waals surface area contributed by atoms with Gasteiger partial charge in [0, 0.05) is 24.6 Å². The van der Waals surface area contributed by atoms with Crippen LogP contribution >= 0.6 is 0 Å². The van der Waals surface area contributed by atoms with Gasteiger partial charge in [-0.1, -0.05) is 24.3 Å². The molecule has 3 aromatic rings. The largest absolute Gasteiger partial charge is 0.491 e. The maximum atomic E-state index is 14.8. The van der Waals surface area contributed by atoms with Gasteiger partial charge in [-0.2, -0.15) is 5.10 Å². The van der Waals surface area contributed by atoms with E-state index in [0.29, 0.717) is 42.8 Å². The maximum absolute atomic E-state index is 14.8. The quantitative estimate of drug-likeness (QED) is 0.590. The summed E-state index contributed by atoms with van der Waals surface area (Å²) in [5.41, 5.74) is 3.38. The Morgan fingerprint density at radius 1 is 1.16 bits per heavy atom. The number of carbonyl (C=O) groups excluding carboxylic acids is 2. The molecule has 1 saturated heterocycles. The molecule has 2 atom stereocenters. The number of halogens is 1. The highest BCUT2D eigenvalue weighted by Crippen LogP contribution is 2.29. The third kappa shape index (κ3) is 4.73. The van der Waals surface area contributed by atoms with Gasteiger partial charge in [-0.15, -0.1) is 0 Å². The van der Waals surface area contributed by atoms with E-state index in [0.717, 1.165) is 16.9 Å². The zero-order valence-corrected chi connectivity index (χ0v) is 21.1. The van der Waals surface area contributed by atoms with E-state index in [4.69, 9.17) is 4.74 Å². The number of aromatic nitrogens is 2. The monoisotopic (exact) mass is 504 g/mol. The fourth-order valence-corrected chi connectivity index (χ4v) is 5.23. The van der Waals surface area contributed by atoms with Gasteiger partial charge in [-0.05, 0) is 62.1 Å². The van der Waals surface area contributed by atoms with Crippen molar-refractivity contribution in [3.05, 3.63) is 92.1 Å². The van der Waals surface area contributed by atoms with Crippen molar-refractivity contribution in [2.75, 3.05) is 19.7 Å². The van der Waals surface area contributed by atoms with Crippen molar-refractivity contribution in [2.45, 2.75) is 45.7 Å². The van der Waals surface area contributed by atoms with Gasteiger partial charge in [-0.25, -0.2) is 9.49 Å². The van der Waals surface area contributed by atoms with E-state index in [-0.39, 0.29) is 35.7 Å². The van der Waals surface area contributed by atoms with Gasteiger partial charge in [0.25, 0.3) is 11.5 Å². The molecule has 9 heteroatoms. The summed E-state index contributed by atoms with van der Waals surface area (Å²) in [6.45, 7) is 6.00. The zero-order chi connectivity index (χ0) is 26.3. The number of aromatic amines is 1. The van der Waals surface area contributed by atoms with E-state index in [1.54, 1.807) is 17.9 Å². The molecule has 1 aromatic heterocycles. The van der Waals surface area contributed by atoms with Crippen molar-refractivity contribution in [2.24, 2.45) is 0 Å². The Balaban J connectivity index is 1.32. The van der Waals surface area contributed by atoms with Gasteiger partial charge >= 0.3 is 0 Å². The number of benzene rings is 2. The molecule has 5 rings (SSSR count). The van der Waals surface area contributed by atoms with Crippen LogP contribution in [0.15, 0.2) is 47.3 Å². The number of rotatable bonds is 4. The summed E-state index contributed by atoms with van der Waals surface area (Å²) in [7, 11) is 0. The van der Waals surface area contributed by atoms with Crippen LogP contribution in [0.3, 0.4) is 0 Å². The van der Waals surface area contributed by atoms with Gasteiger partial charge in [0.1, 0.15) is 24.7 Å². The molecule has 2 unspecified atom stereocenters. The first-order chi connectivity index (χ1) is 17.7. The third-order valence-electron chi connectivity index (χ3n) is 7.37. The topological polar surface area (TPSA) is 95.6 Å². The lowest BCUT2D eigenvalue weighted by molar-refractivity contribution is -0.142.